The van der Waals surface area contributed by atoms with E-state index in [9.17, 15) is 17.6 Å². The van der Waals surface area contributed by atoms with Gasteiger partial charge in [-0.1, -0.05) is 12.2 Å². The fraction of sp³-hybridized carbons (Fsp3) is 0.500. The highest BCUT2D eigenvalue weighted by molar-refractivity contribution is 7.80. The summed E-state index contributed by atoms with van der Waals surface area (Å²) in [6.07, 6.45) is -1.10. The number of piperidine rings is 1. The molecule has 116 valence electrons. The molecular formula is C14H16F4N2S. The average molecular weight is 320 g/mol. The second kappa shape index (κ2) is 4.56. The van der Waals surface area contributed by atoms with Gasteiger partial charge in [-0.25, -0.2) is 17.6 Å². The summed E-state index contributed by atoms with van der Waals surface area (Å²) in [5.41, 5.74) is 0.998. The maximum Gasteiger partial charge on any atom is 0.278 e. The molecule has 0 aliphatic carbocycles. The number of nitrogens with two attached hydrogens (primary N) is 1. The van der Waals surface area contributed by atoms with Gasteiger partial charge in [-0.2, -0.15) is 0 Å². The number of likely N-dealkylation sites (tertiary alicyclic amines) is 1. The summed E-state index contributed by atoms with van der Waals surface area (Å²) in [7, 11) is 1.25. The second-order valence-corrected chi connectivity index (χ2v) is 6.14. The Bertz CT molecular complexity index is 603. The molecule has 1 aromatic carbocycles. The monoisotopic (exact) mass is 320 g/mol. The number of thiocarbonyl (C=S) groups is 1. The first kappa shape index (κ1) is 16.0. The Kier molecular flexibility index (Phi) is 3.48. The molecule has 2 atom stereocenters. The molecule has 2 nitrogen and oxygen atoms in total. The highest BCUT2D eigenvalue weighted by atomic mass is 32.1. The summed E-state index contributed by atoms with van der Waals surface area (Å²) in [6, 6.07) is 3.44. The van der Waals surface area contributed by atoms with E-state index in [0.717, 1.165) is 30.9 Å². The SMILES string of the molecule is CN1C(=S)C(C)(F)CC(F)(F)C1(C)c1cc(N)ccc1F. The number of benzene rings is 1. The van der Waals surface area contributed by atoms with Crippen LogP contribution >= 0.6 is 12.2 Å². The number of rotatable bonds is 1. The summed E-state index contributed by atoms with van der Waals surface area (Å²) < 4.78 is 57.6. The normalized spacial score (nSPS) is 32.3. The molecule has 1 fully saturated rings. The number of hydrogen-bond donors (Lipinski definition) is 1. The molecule has 0 bridgehead atoms. The quantitative estimate of drug-likeness (QED) is 0.486. The highest BCUT2D eigenvalue weighted by Gasteiger charge is 2.64. The van der Waals surface area contributed by atoms with Crippen molar-refractivity contribution in [3.63, 3.8) is 0 Å². The molecule has 0 aromatic heterocycles. The van der Waals surface area contributed by atoms with E-state index in [1.54, 1.807) is 0 Å². The lowest BCUT2D eigenvalue weighted by Crippen LogP contribution is -2.66. The van der Waals surface area contributed by atoms with E-state index in [-0.39, 0.29) is 16.2 Å². The standard InChI is InChI=1S/C14H16F4N2S/c1-12(16)7-14(17,18)13(2,20(3)11(12)21)9-6-8(19)4-5-10(9)15/h4-6H,7,19H2,1-3H3. The van der Waals surface area contributed by atoms with Gasteiger partial charge in [0.05, 0.1) is 6.42 Å². The van der Waals surface area contributed by atoms with Gasteiger partial charge in [0.15, 0.2) is 5.67 Å². The van der Waals surface area contributed by atoms with Crippen molar-refractivity contribution in [2.75, 3.05) is 12.8 Å². The molecule has 1 aliphatic heterocycles. The molecule has 1 aromatic rings. The Morgan fingerprint density at radius 3 is 2.38 bits per heavy atom. The molecule has 1 saturated heterocycles. The van der Waals surface area contributed by atoms with Crippen molar-refractivity contribution in [1.29, 1.82) is 0 Å². The number of nitrogen functional groups attached to an aromatic ring is 1. The summed E-state index contributed by atoms with van der Waals surface area (Å²) in [5, 5.41) is 0. The summed E-state index contributed by atoms with van der Waals surface area (Å²) in [4.78, 5) is 0.654. The van der Waals surface area contributed by atoms with Crippen LogP contribution in [0.5, 0.6) is 0 Å². The van der Waals surface area contributed by atoms with Crippen LogP contribution in [0.15, 0.2) is 18.2 Å². The van der Waals surface area contributed by atoms with Crippen molar-refractivity contribution in [3.05, 3.63) is 29.6 Å². The molecule has 7 heteroatoms. The number of hydrogen-bond acceptors (Lipinski definition) is 2. The number of halogens is 4. The lowest BCUT2D eigenvalue weighted by molar-refractivity contribution is -0.158. The fourth-order valence-electron chi connectivity index (χ4n) is 2.76. The van der Waals surface area contributed by atoms with E-state index in [0.29, 0.717) is 0 Å². The highest BCUT2D eigenvalue weighted by Crippen LogP contribution is 2.52. The summed E-state index contributed by atoms with van der Waals surface area (Å²) in [5.74, 6) is -4.36. The van der Waals surface area contributed by atoms with Crippen molar-refractivity contribution in [3.8, 4) is 0 Å². The third-order valence-corrected chi connectivity index (χ3v) is 4.90. The maximum atomic E-state index is 14.6. The van der Waals surface area contributed by atoms with Crippen molar-refractivity contribution in [1.82, 2.24) is 4.90 Å². The van der Waals surface area contributed by atoms with Crippen LogP contribution in [-0.4, -0.2) is 28.5 Å². The number of anilines is 1. The van der Waals surface area contributed by atoms with Gasteiger partial charge in [0, 0.05) is 18.3 Å². The molecule has 0 saturated carbocycles. The molecule has 21 heavy (non-hydrogen) atoms. The smallest absolute Gasteiger partial charge is 0.278 e. The van der Waals surface area contributed by atoms with E-state index in [2.05, 4.69) is 0 Å². The minimum Gasteiger partial charge on any atom is -0.399 e. The summed E-state index contributed by atoms with van der Waals surface area (Å²) in [6.45, 7) is 2.15. The molecule has 1 aliphatic rings. The third-order valence-electron chi connectivity index (χ3n) is 4.20. The molecule has 1 heterocycles. The molecule has 0 spiro atoms. The van der Waals surface area contributed by atoms with E-state index in [1.165, 1.54) is 13.1 Å². The van der Waals surface area contributed by atoms with E-state index < -0.39 is 29.4 Å². The zero-order valence-corrected chi connectivity index (χ0v) is 12.7. The second-order valence-electron chi connectivity index (χ2n) is 5.75. The Morgan fingerprint density at radius 2 is 1.81 bits per heavy atom. The van der Waals surface area contributed by atoms with Crippen LogP contribution in [0, 0.1) is 5.82 Å². The third kappa shape index (κ3) is 2.18. The molecule has 2 unspecified atom stereocenters. The van der Waals surface area contributed by atoms with Crippen LogP contribution in [0.2, 0.25) is 0 Å². The van der Waals surface area contributed by atoms with Crippen LogP contribution in [-0.2, 0) is 5.54 Å². The van der Waals surface area contributed by atoms with Crippen molar-refractivity contribution in [2.24, 2.45) is 0 Å². The fourth-order valence-corrected chi connectivity index (χ4v) is 3.01. The van der Waals surface area contributed by atoms with Crippen molar-refractivity contribution < 1.29 is 17.6 Å². The van der Waals surface area contributed by atoms with Gasteiger partial charge in [0.25, 0.3) is 5.92 Å². The summed E-state index contributed by atoms with van der Waals surface area (Å²) >= 11 is 4.96. The van der Waals surface area contributed by atoms with Crippen molar-refractivity contribution >= 4 is 22.9 Å². The molecule has 0 radical (unpaired) electrons. The van der Waals surface area contributed by atoms with Gasteiger partial charge >= 0.3 is 0 Å². The molecule has 0 amide bonds. The minimum absolute atomic E-state index is 0.149. The van der Waals surface area contributed by atoms with Gasteiger partial charge < -0.3 is 10.6 Å². The van der Waals surface area contributed by atoms with Gasteiger partial charge in [-0.3, -0.25) is 0 Å². The van der Waals surface area contributed by atoms with Gasteiger partial charge in [-0.05, 0) is 32.0 Å². The maximum absolute atomic E-state index is 14.6. The van der Waals surface area contributed by atoms with Crippen LogP contribution in [0.1, 0.15) is 25.8 Å². The van der Waals surface area contributed by atoms with E-state index in [4.69, 9.17) is 18.0 Å². The van der Waals surface area contributed by atoms with E-state index in [1.807, 2.05) is 0 Å². The Morgan fingerprint density at radius 1 is 1.24 bits per heavy atom. The Labute approximate surface area is 125 Å². The van der Waals surface area contributed by atoms with Crippen LogP contribution < -0.4 is 5.73 Å². The lowest BCUT2D eigenvalue weighted by atomic mass is 9.74. The van der Waals surface area contributed by atoms with Crippen LogP contribution in [0.4, 0.5) is 23.2 Å². The Hall–Kier alpha value is -1.37. The zero-order valence-electron chi connectivity index (χ0n) is 11.9. The lowest BCUT2D eigenvalue weighted by Gasteiger charge is -2.53. The largest absolute Gasteiger partial charge is 0.399 e. The van der Waals surface area contributed by atoms with Crippen LogP contribution in [0.3, 0.4) is 0 Å². The first-order chi connectivity index (χ1) is 9.43. The predicted octanol–water partition coefficient (Wildman–Crippen LogP) is 3.65. The predicted molar refractivity (Wildman–Crippen MR) is 77.6 cm³/mol. The first-order valence-electron chi connectivity index (χ1n) is 6.34. The molecule has 2 rings (SSSR count). The van der Waals surface area contributed by atoms with Crippen LogP contribution in [0.25, 0.3) is 0 Å². The number of alkyl halides is 3. The van der Waals surface area contributed by atoms with E-state index >= 15 is 0 Å². The van der Waals surface area contributed by atoms with Crippen molar-refractivity contribution in [2.45, 2.75) is 37.4 Å². The first-order valence-corrected chi connectivity index (χ1v) is 6.75. The average Bonchev–Trinajstić information content (AvgIpc) is 2.36. The molecular weight excluding hydrogens is 304 g/mol. The topological polar surface area (TPSA) is 29.3 Å². The minimum atomic E-state index is -3.53. The van der Waals surface area contributed by atoms with Gasteiger partial charge in [0.2, 0.25) is 0 Å². The van der Waals surface area contributed by atoms with Gasteiger partial charge in [-0.15, -0.1) is 0 Å². The Balaban J connectivity index is 2.68. The zero-order chi connectivity index (χ0) is 16.2. The molecule has 2 N–H and O–H groups in total. The number of nitrogens with zero attached hydrogens (tertiary/aromatic N) is 1. The van der Waals surface area contributed by atoms with Gasteiger partial charge in [0.1, 0.15) is 16.3 Å².